The number of halogens is 2. The van der Waals surface area contributed by atoms with Crippen molar-refractivity contribution >= 4 is 49.4 Å². The highest BCUT2D eigenvalue weighted by atomic mass is 32.2. The van der Waals surface area contributed by atoms with Gasteiger partial charge in [0.05, 0.1) is 28.3 Å². The molecule has 0 radical (unpaired) electrons. The number of H-pyrrole nitrogens is 1. The summed E-state index contributed by atoms with van der Waals surface area (Å²) in [7, 11) is -4.11. The van der Waals surface area contributed by atoms with Gasteiger partial charge in [-0.2, -0.15) is 8.75 Å². The lowest BCUT2D eigenvalue weighted by atomic mass is 10.2. The molecule has 0 aliphatic heterocycles. The average Bonchev–Trinajstić information content (AvgIpc) is 3.13. The number of sulfonamides is 1. The van der Waals surface area contributed by atoms with Crippen molar-refractivity contribution in [1.29, 1.82) is 0 Å². The minimum atomic E-state index is -4.11. The van der Waals surface area contributed by atoms with Gasteiger partial charge in [0.15, 0.2) is 0 Å². The van der Waals surface area contributed by atoms with Gasteiger partial charge in [-0.15, -0.1) is 0 Å². The van der Waals surface area contributed by atoms with Crippen molar-refractivity contribution in [3.8, 4) is 0 Å². The van der Waals surface area contributed by atoms with Crippen LogP contribution in [0.25, 0.3) is 21.9 Å². The zero-order valence-electron chi connectivity index (χ0n) is 11.7. The van der Waals surface area contributed by atoms with Gasteiger partial charge in [0.25, 0.3) is 10.0 Å². The first-order valence-electron chi connectivity index (χ1n) is 6.66. The van der Waals surface area contributed by atoms with Gasteiger partial charge in [0.1, 0.15) is 27.6 Å². The second kappa shape index (κ2) is 5.21. The molecule has 10 heteroatoms. The van der Waals surface area contributed by atoms with Crippen LogP contribution in [0.2, 0.25) is 0 Å². The predicted molar refractivity (Wildman–Crippen MR) is 86.4 cm³/mol. The Morgan fingerprint density at radius 1 is 1.17 bits per heavy atom. The molecule has 0 aliphatic rings. The Kier molecular flexibility index (Phi) is 3.25. The standard InChI is InChI=1S/C14H8F2N4O2S2/c15-7-4-8(16)13-11(5-7)17-6-12(13)24(21,22)20-10-3-1-2-9-14(10)19-23-18-9/h1-6,17,20H. The molecule has 0 fully saturated rings. The number of hydrogen-bond acceptors (Lipinski definition) is 5. The molecule has 2 heterocycles. The van der Waals surface area contributed by atoms with E-state index in [2.05, 4.69) is 18.5 Å². The number of hydrogen-bond donors (Lipinski definition) is 2. The van der Waals surface area contributed by atoms with E-state index >= 15 is 0 Å². The Labute approximate surface area is 138 Å². The maximum Gasteiger partial charge on any atom is 0.264 e. The molecular formula is C14H8F2N4O2S2. The fourth-order valence-corrected chi connectivity index (χ4v) is 4.26. The van der Waals surface area contributed by atoms with Crippen molar-refractivity contribution < 1.29 is 17.2 Å². The summed E-state index contributed by atoms with van der Waals surface area (Å²) in [5, 5.41) is -0.201. The highest BCUT2D eigenvalue weighted by Gasteiger charge is 2.23. The SMILES string of the molecule is O=S(=O)(Nc1cccc2nsnc12)c1c[nH]c2cc(F)cc(F)c12. The molecule has 0 saturated carbocycles. The lowest BCUT2D eigenvalue weighted by Crippen LogP contribution is -2.13. The first-order valence-corrected chi connectivity index (χ1v) is 8.87. The van der Waals surface area contributed by atoms with Crippen molar-refractivity contribution in [1.82, 2.24) is 13.7 Å². The normalized spacial score (nSPS) is 12.1. The third kappa shape index (κ3) is 2.31. The average molecular weight is 366 g/mol. The van der Waals surface area contributed by atoms with Gasteiger partial charge >= 0.3 is 0 Å². The Bertz CT molecular complexity index is 1180. The van der Waals surface area contributed by atoms with E-state index in [9.17, 15) is 17.2 Å². The summed E-state index contributed by atoms with van der Waals surface area (Å²) in [6.45, 7) is 0. The number of anilines is 1. The Morgan fingerprint density at radius 3 is 2.83 bits per heavy atom. The van der Waals surface area contributed by atoms with Crippen LogP contribution in [-0.4, -0.2) is 22.1 Å². The van der Waals surface area contributed by atoms with E-state index in [1.165, 1.54) is 6.07 Å². The second-order valence-corrected chi connectivity index (χ2v) is 7.19. The van der Waals surface area contributed by atoms with Crippen molar-refractivity contribution in [3.05, 3.63) is 48.2 Å². The van der Waals surface area contributed by atoms with E-state index in [0.717, 1.165) is 24.0 Å². The van der Waals surface area contributed by atoms with E-state index in [1.54, 1.807) is 12.1 Å². The summed E-state index contributed by atoms with van der Waals surface area (Å²) in [6, 6.07) is 6.53. The zero-order valence-corrected chi connectivity index (χ0v) is 13.4. The third-order valence-electron chi connectivity index (χ3n) is 3.48. The summed E-state index contributed by atoms with van der Waals surface area (Å²) < 4.78 is 63.0. The molecule has 0 bridgehead atoms. The van der Waals surface area contributed by atoms with Crippen LogP contribution in [0, 0.1) is 11.6 Å². The van der Waals surface area contributed by atoms with Gasteiger partial charge in [-0.25, -0.2) is 17.2 Å². The van der Waals surface area contributed by atoms with E-state index in [0.29, 0.717) is 17.1 Å². The molecule has 0 amide bonds. The highest BCUT2D eigenvalue weighted by Crippen LogP contribution is 2.29. The van der Waals surface area contributed by atoms with Crippen molar-refractivity contribution in [2.75, 3.05) is 4.72 Å². The third-order valence-corrected chi connectivity index (χ3v) is 5.41. The number of nitrogens with one attached hydrogen (secondary N) is 2. The summed E-state index contributed by atoms with van der Waals surface area (Å²) in [6.07, 6.45) is 1.12. The molecule has 4 aromatic rings. The summed E-state index contributed by atoms with van der Waals surface area (Å²) in [5.74, 6) is -1.75. The van der Waals surface area contributed by atoms with Gasteiger partial charge in [0, 0.05) is 12.3 Å². The molecule has 4 rings (SSSR count). The maximum atomic E-state index is 14.0. The van der Waals surface area contributed by atoms with Gasteiger partial charge in [-0.1, -0.05) is 6.07 Å². The van der Waals surface area contributed by atoms with Gasteiger partial charge in [-0.3, -0.25) is 4.72 Å². The molecule has 0 unspecified atom stereocenters. The molecule has 0 aliphatic carbocycles. The minimum absolute atomic E-state index is 0.0569. The summed E-state index contributed by atoms with van der Waals surface area (Å²) in [5.41, 5.74) is 1.24. The first-order chi connectivity index (χ1) is 11.5. The zero-order chi connectivity index (χ0) is 16.9. The van der Waals surface area contributed by atoms with Gasteiger partial charge in [0.2, 0.25) is 0 Å². The molecule has 2 aromatic carbocycles. The molecule has 24 heavy (non-hydrogen) atoms. The quantitative estimate of drug-likeness (QED) is 0.583. The van der Waals surface area contributed by atoms with Crippen LogP contribution < -0.4 is 4.72 Å². The fourth-order valence-electron chi connectivity index (χ4n) is 2.45. The number of aromatic amines is 1. The monoisotopic (exact) mass is 366 g/mol. The molecule has 0 atom stereocenters. The minimum Gasteiger partial charge on any atom is -0.360 e. The van der Waals surface area contributed by atoms with Crippen LogP contribution in [0.5, 0.6) is 0 Å². The van der Waals surface area contributed by atoms with Crippen LogP contribution >= 0.6 is 11.7 Å². The lowest BCUT2D eigenvalue weighted by Gasteiger charge is -2.07. The summed E-state index contributed by atoms with van der Waals surface area (Å²) >= 11 is 0.954. The molecule has 0 saturated heterocycles. The molecule has 0 spiro atoms. The van der Waals surface area contributed by atoms with E-state index in [-0.39, 0.29) is 21.5 Å². The molecular weight excluding hydrogens is 358 g/mol. The van der Waals surface area contributed by atoms with Crippen LogP contribution in [0.3, 0.4) is 0 Å². The van der Waals surface area contributed by atoms with Gasteiger partial charge < -0.3 is 4.98 Å². The highest BCUT2D eigenvalue weighted by molar-refractivity contribution is 7.93. The Morgan fingerprint density at radius 2 is 2.00 bits per heavy atom. The smallest absolute Gasteiger partial charge is 0.264 e. The molecule has 2 N–H and O–H groups in total. The lowest BCUT2D eigenvalue weighted by molar-refractivity contribution is 0.588. The topological polar surface area (TPSA) is 87.7 Å². The van der Waals surface area contributed by atoms with Crippen molar-refractivity contribution in [3.63, 3.8) is 0 Å². The van der Waals surface area contributed by atoms with Crippen LogP contribution in [0.1, 0.15) is 0 Å². The van der Waals surface area contributed by atoms with E-state index in [1.807, 2.05) is 0 Å². The fraction of sp³-hybridized carbons (Fsp3) is 0. The number of fused-ring (bicyclic) bond motifs is 2. The Balaban J connectivity index is 1.85. The van der Waals surface area contributed by atoms with E-state index in [4.69, 9.17) is 0 Å². The number of benzene rings is 2. The Hall–Kier alpha value is -2.59. The van der Waals surface area contributed by atoms with Gasteiger partial charge in [-0.05, 0) is 18.2 Å². The molecule has 2 aromatic heterocycles. The van der Waals surface area contributed by atoms with Crippen LogP contribution in [0.4, 0.5) is 14.5 Å². The second-order valence-electron chi connectivity index (χ2n) is 5.01. The van der Waals surface area contributed by atoms with Crippen molar-refractivity contribution in [2.24, 2.45) is 0 Å². The van der Waals surface area contributed by atoms with Crippen LogP contribution in [0.15, 0.2) is 41.4 Å². The number of aromatic nitrogens is 3. The molecule has 6 nitrogen and oxygen atoms in total. The number of nitrogens with zero attached hydrogens (tertiary/aromatic N) is 2. The maximum absolute atomic E-state index is 14.0. The van der Waals surface area contributed by atoms with Crippen molar-refractivity contribution in [2.45, 2.75) is 4.90 Å². The largest absolute Gasteiger partial charge is 0.360 e. The summed E-state index contributed by atoms with van der Waals surface area (Å²) in [4.78, 5) is 2.26. The number of rotatable bonds is 3. The van der Waals surface area contributed by atoms with Crippen LogP contribution in [-0.2, 0) is 10.0 Å². The first kappa shape index (κ1) is 15.0. The van der Waals surface area contributed by atoms with E-state index < -0.39 is 21.7 Å². The predicted octanol–water partition coefficient (Wildman–Crippen LogP) is 3.25. The molecule has 122 valence electrons.